The number of para-hydroxylation sites is 1. The highest BCUT2D eigenvalue weighted by Crippen LogP contribution is 2.27. The zero-order valence-electron chi connectivity index (χ0n) is 13.2. The first-order valence-electron chi connectivity index (χ1n) is 8.22. The van der Waals surface area contributed by atoms with Gasteiger partial charge in [-0.2, -0.15) is 0 Å². The molecule has 0 N–H and O–H groups in total. The van der Waals surface area contributed by atoms with Gasteiger partial charge in [-0.25, -0.2) is 0 Å². The summed E-state index contributed by atoms with van der Waals surface area (Å²) in [6.45, 7) is 0.767. The predicted octanol–water partition coefficient (Wildman–Crippen LogP) is 3.80. The molecule has 3 rings (SSSR count). The number of amides is 1. The van der Waals surface area contributed by atoms with Gasteiger partial charge in [-0.15, -0.1) is 0 Å². The van der Waals surface area contributed by atoms with E-state index < -0.39 is 0 Å². The lowest BCUT2D eigenvalue weighted by molar-refractivity contribution is -0.107. The molecule has 2 aromatic carbocycles. The van der Waals surface area contributed by atoms with Crippen molar-refractivity contribution >= 4 is 17.9 Å². The van der Waals surface area contributed by atoms with Crippen molar-refractivity contribution in [2.45, 2.75) is 32.1 Å². The van der Waals surface area contributed by atoms with Gasteiger partial charge in [-0.1, -0.05) is 30.3 Å². The van der Waals surface area contributed by atoms with E-state index in [9.17, 15) is 9.59 Å². The van der Waals surface area contributed by atoms with Crippen molar-refractivity contribution < 1.29 is 9.59 Å². The van der Waals surface area contributed by atoms with Crippen LogP contribution in [0.2, 0.25) is 0 Å². The topological polar surface area (TPSA) is 37.4 Å². The first-order valence-corrected chi connectivity index (χ1v) is 8.22. The zero-order valence-corrected chi connectivity index (χ0v) is 13.2. The van der Waals surface area contributed by atoms with E-state index in [2.05, 4.69) is 6.07 Å². The lowest BCUT2D eigenvalue weighted by Gasteiger charge is -2.23. The van der Waals surface area contributed by atoms with Crippen LogP contribution < -0.4 is 4.90 Å². The summed E-state index contributed by atoms with van der Waals surface area (Å²) in [7, 11) is 0. The lowest BCUT2D eigenvalue weighted by atomic mass is 10.1. The number of hydrogen-bond donors (Lipinski definition) is 0. The third-order valence-electron chi connectivity index (χ3n) is 4.36. The molecule has 2 aromatic rings. The second-order valence-electron chi connectivity index (χ2n) is 5.94. The van der Waals surface area contributed by atoms with E-state index in [1.807, 2.05) is 47.4 Å². The number of nitrogens with zero attached hydrogens (tertiary/aromatic N) is 1. The SMILES string of the molecule is O=CCCc1ccc(C(=O)N2CCCCc3ccccc32)cc1. The fourth-order valence-electron chi connectivity index (χ4n) is 3.10. The van der Waals surface area contributed by atoms with Gasteiger partial charge >= 0.3 is 0 Å². The van der Waals surface area contributed by atoms with Gasteiger partial charge in [-0.05, 0) is 55.0 Å². The Hall–Kier alpha value is -2.42. The van der Waals surface area contributed by atoms with Crippen molar-refractivity contribution in [3.05, 3.63) is 65.2 Å². The van der Waals surface area contributed by atoms with E-state index in [-0.39, 0.29) is 5.91 Å². The first-order chi connectivity index (χ1) is 11.3. The Kier molecular flexibility index (Phi) is 4.86. The number of hydrogen-bond acceptors (Lipinski definition) is 2. The van der Waals surface area contributed by atoms with Crippen molar-refractivity contribution in [2.75, 3.05) is 11.4 Å². The minimum Gasteiger partial charge on any atom is -0.308 e. The Morgan fingerprint density at radius 1 is 1.04 bits per heavy atom. The van der Waals surface area contributed by atoms with Crippen molar-refractivity contribution in [2.24, 2.45) is 0 Å². The molecule has 1 heterocycles. The molecule has 1 aliphatic heterocycles. The highest BCUT2D eigenvalue weighted by Gasteiger charge is 2.21. The van der Waals surface area contributed by atoms with Crippen LogP contribution in [0.5, 0.6) is 0 Å². The maximum atomic E-state index is 12.9. The van der Waals surface area contributed by atoms with Crippen LogP contribution in [0.1, 0.15) is 40.7 Å². The average molecular weight is 307 g/mol. The molecule has 23 heavy (non-hydrogen) atoms. The Balaban J connectivity index is 1.83. The average Bonchev–Trinajstić information content (AvgIpc) is 2.82. The lowest BCUT2D eigenvalue weighted by Crippen LogP contribution is -2.31. The van der Waals surface area contributed by atoms with Gasteiger partial charge in [0.1, 0.15) is 6.29 Å². The van der Waals surface area contributed by atoms with Crippen LogP contribution in [0.3, 0.4) is 0 Å². The largest absolute Gasteiger partial charge is 0.308 e. The summed E-state index contributed by atoms with van der Waals surface area (Å²) in [5.41, 5.74) is 4.09. The van der Waals surface area contributed by atoms with Crippen LogP contribution in [-0.4, -0.2) is 18.7 Å². The third-order valence-corrected chi connectivity index (χ3v) is 4.36. The van der Waals surface area contributed by atoms with E-state index in [4.69, 9.17) is 0 Å². The minimum absolute atomic E-state index is 0.0567. The molecule has 3 heteroatoms. The Bertz CT molecular complexity index is 691. The Morgan fingerprint density at radius 3 is 2.61 bits per heavy atom. The van der Waals surface area contributed by atoms with E-state index in [0.717, 1.165) is 49.8 Å². The monoisotopic (exact) mass is 307 g/mol. The van der Waals surface area contributed by atoms with E-state index in [1.165, 1.54) is 5.56 Å². The molecule has 1 amide bonds. The molecule has 0 saturated heterocycles. The molecule has 0 aromatic heterocycles. The number of aldehydes is 1. The fourth-order valence-corrected chi connectivity index (χ4v) is 3.10. The molecule has 3 nitrogen and oxygen atoms in total. The highest BCUT2D eigenvalue weighted by atomic mass is 16.2. The van der Waals surface area contributed by atoms with Crippen LogP contribution in [0.25, 0.3) is 0 Å². The number of rotatable bonds is 4. The highest BCUT2D eigenvalue weighted by molar-refractivity contribution is 6.06. The van der Waals surface area contributed by atoms with Crippen molar-refractivity contribution in [1.29, 1.82) is 0 Å². The van der Waals surface area contributed by atoms with Crippen LogP contribution >= 0.6 is 0 Å². The number of benzene rings is 2. The maximum Gasteiger partial charge on any atom is 0.258 e. The molecule has 0 saturated carbocycles. The summed E-state index contributed by atoms with van der Waals surface area (Å²) in [6.07, 6.45) is 5.35. The number of carbonyl (C=O) groups is 2. The van der Waals surface area contributed by atoms with Gasteiger partial charge < -0.3 is 9.69 Å². The van der Waals surface area contributed by atoms with Crippen LogP contribution in [0.15, 0.2) is 48.5 Å². The number of carbonyl (C=O) groups excluding carboxylic acids is 2. The van der Waals surface area contributed by atoms with Gasteiger partial charge in [0.05, 0.1) is 0 Å². The van der Waals surface area contributed by atoms with Crippen LogP contribution in [0.4, 0.5) is 5.69 Å². The zero-order chi connectivity index (χ0) is 16.1. The van der Waals surface area contributed by atoms with Crippen molar-refractivity contribution in [1.82, 2.24) is 0 Å². The number of fused-ring (bicyclic) bond motifs is 1. The summed E-state index contributed by atoms with van der Waals surface area (Å²) < 4.78 is 0. The number of anilines is 1. The maximum absolute atomic E-state index is 12.9. The summed E-state index contributed by atoms with van der Waals surface area (Å²) >= 11 is 0. The normalized spacial score (nSPS) is 14.0. The van der Waals surface area contributed by atoms with Crippen molar-refractivity contribution in [3.63, 3.8) is 0 Å². The summed E-state index contributed by atoms with van der Waals surface area (Å²) in [6, 6.07) is 15.8. The Labute approximate surface area is 136 Å². The standard InChI is InChI=1S/C20H21NO2/c22-15-5-6-16-10-12-18(13-11-16)20(23)21-14-4-3-8-17-7-1-2-9-19(17)21/h1-2,7,9-13,15H,3-6,8,14H2. The Morgan fingerprint density at radius 2 is 1.83 bits per heavy atom. The molecule has 0 bridgehead atoms. The quantitative estimate of drug-likeness (QED) is 0.806. The summed E-state index contributed by atoms with van der Waals surface area (Å²) in [5.74, 6) is 0.0567. The number of aryl methyl sites for hydroxylation is 2. The molecule has 0 unspecified atom stereocenters. The van der Waals surface area contributed by atoms with Gasteiger partial charge in [0.25, 0.3) is 5.91 Å². The van der Waals surface area contributed by atoms with Crippen LogP contribution in [0, 0.1) is 0 Å². The molecule has 0 fully saturated rings. The fraction of sp³-hybridized carbons (Fsp3) is 0.300. The van der Waals surface area contributed by atoms with E-state index >= 15 is 0 Å². The summed E-state index contributed by atoms with van der Waals surface area (Å²) in [4.78, 5) is 25.3. The van der Waals surface area contributed by atoms with Gasteiger partial charge in [0, 0.05) is 24.2 Å². The minimum atomic E-state index is 0.0567. The first kappa shape index (κ1) is 15.5. The molecule has 0 spiro atoms. The summed E-state index contributed by atoms with van der Waals surface area (Å²) in [5, 5.41) is 0. The predicted molar refractivity (Wildman–Crippen MR) is 91.9 cm³/mol. The second kappa shape index (κ2) is 7.23. The molecule has 1 aliphatic rings. The molecule has 0 radical (unpaired) electrons. The smallest absolute Gasteiger partial charge is 0.258 e. The van der Waals surface area contributed by atoms with E-state index in [1.54, 1.807) is 0 Å². The molecular weight excluding hydrogens is 286 g/mol. The van der Waals surface area contributed by atoms with Gasteiger partial charge in [0.15, 0.2) is 0 Å². The molecule has 0 aliphatic carbocycles. The van der Waals surface area contributed by atoms with Crippen LogP contribution in [-0.2, 0) is 17.6 Å². The van der Waals surface area contributed by atoms with Crippen molar-refractivity contribution in [3.8, 4) is 0 Å². The van der Waals surface area contributed by atoms with E-state index in [0.29, 0.717) is 12.0 Å². The second-order valence-corrected chi connectivity index (χ2v) is 5.94. The van der Waals surface area contributed by atoms with Gasteiger partial charge in [0.2, 0.25) is 0 Å². The molecule has 0 atom stereocenters. The molecular formula is C20H21NO2. The van der Waals surface area contributed by atoms with Gasteiger partial charge in [-0.3, -0.25) is 4.79 Å². The third kappa shape index (κ3) is 3.50. The molecule has 118 valence electrons.